The summed E-state index contributed by atoms with van der Waals surface area (Å²) in [7, 11) is 0. The molecule has 0 heterocycles. The molecule has 0 aromatic heterocycles. The molecule has 0 aromatic carbocycles. The molecule has 68 valence electrons. The van der Waals surface area contributed by atoms with Crippen molar-refractivity contribution in [3.05, 3.63) is 0 Å². The molecule has 0 bridgehead atoms. The van der Waals surface area contributed by atoms with Crippen molar-refractivity contribution >= 4 is 0 Å². The standard InChI is InChI=1S/C9H21NO/c1-7(2)5-8(3)10-6-9(4)11/h7-11H,5-6H2,1-4H3/t8-,9-/m1/s1. The maximum Gasteiger partial charge on any atom is 0.0636 e. The molecule has 2 atom stereocenters. The van der Waals surface area contributed by atoms with E-state index in [2.05, 4.69) is 26.1 Å². The minimum Gasteiger partial charge on any atom is -0.392 e. The minimum absolute atomic E-state index is 0.232. The van der Waals surface area contributed by atoms with Crippen LogP contribution in [0.4, 0.5) is 0 Å². The molecule has 2 nitrogen and oxygen atoms in total. The third kappa shape index (κ3) is 7.82. The number of nitrogens with one attached hydrogen (secondary N) is 1. The fourth-order valence-corrected chi connectivity index (χ4v) is 1.16. The van der Waals surface area contributed by atoms with E-state index in [1.54, 1.807) is 6.92 Å². The van der Waals surface area contributed by atoms with Crippen molar-refractivity contribution in [2.75, 3.05) is 6.54 Å². The summed E-state index contributed by atoms with van der Waals surface area (Å²) in [4.78, 5) is 0. The highest BCUT2D eigenvalue weighted by Crippen LogP contribution is 2.03. The molecule has 0 aliphatic carbocycles. The number of rotatable bonds is 5. The topological polar surface area (TPSA) is 32.3 Å². The van der Waals surface area contributed by atoms with E-state index in [0.717, 1.165) is 5.92 Å². The normalized spacial score (nSPS) is 16.9. The zero-order chi connectivity index (χ0) is 8.85. The van der Waals surface area contributed by atoms with Crippen molar-refractivity contribution < 1.29 is 5.11 Å². The highest BCUT2D eigenvalue weighted by atomic mass is 16.3. The first kappa shape index (κ1) is 10.9. The molecule has 0 amide bonds. The van der Waals surface area contributed by atoms with Gasteiger partial charge in [0.1, 0.15) is 0 Å². The summed E-state index contributed by atoms with van der Waals surface area (Å²) in [6.07, 6.45) is 0.941. The van der Waals surface area contributed by atoms with Gasteiger partial charge in [0.2, 0.25) is 0 Å². The molecule has 2 N–H and O–H groups in total. The van der Waals surface area contributed by atoms with Gasteiger partial charge in [0.05, 0.1) is 6.10 Å². The van der Waals surface area contributed by atoms with Crippen molar-refractivity contribution in [3.8, 4) is 0 Å². The van der Waals surface area contributed by atoms with E-state index in [9.17, 15) is 0 Å². The average Bonchev–Trinajstić information content (AvgIpc) is 1.82. The molecule has 0 aromatic rings. The van der Waals surface area contributed by atoms with Crippen LogP contribution < -0.4 is 5.32 Å². The first-order chi connectivity index (χ1) is 5.02. The van der Waals surface area contributed by atoms with E-state index in [4.69, 9.17) is 5.11 Å². The van der Waals surface area contributed by atoms with Gasteiger partial charge in [-0.3, -0.25) is 0 Å². The van der Waals surface area contributed by atoms with Gasteiger partial charge in [0.15, 0.2) is 0 Å². The molecule has 0 saturated heterocycles. The second kappa shape index (κ2) is 5.56. The van der Waals surface area contributed by atoms with Gasteiger partial charge < -0.3 is 10.4 Å². The molecule has 0 spiro atoms. The van der Waals surface area contributed by atoms with E-state index in [0.29, 0.717) is 12.6 Å². The molecule has 0 saturated carbocycles. The van der Waals surface area contributed by atoms with Crippen LogP contribution in [0.2, 0.25) is 0 Å². The van der Waals surface area contributed by atoms with Gasteiger partial charge in [-0.2, -0.15) is 0 Å². The first-order valence-electron chi connectivity index (χ1n) is 4.43. The SMILES string of the molecule is CC(C)C[C@@H](C)NC[C@@H](C)O. The van der Waals surface area contributed by atoms with E-state index in [1.165, 1.54) is 6.42 Å². The highest BCUT2D eigenvalue weighted by molar-refractivity contribution is 4.64. The third-order valence-electron chi connectivity index (χ3n) is 1.59. The van der Waals surface area contributed by atoms with Crippen LogP contribution in [0.5, 0.6) is 0 Å². The lowest BCUT2D eigenvalue weighted by molar-refractivity contribution is 0.185. The number of hydrogen-bond donors (Lipinski definition) is 2. The van der Waals surface area contributed by atoms with Gasteiger partial charge in [-0.1, -0.05) is 13.8 Å². The number of hydrogen-bond acceptors (Lipinski definition) is 2. The van der Waals surface area contributed by atoms with Crippen LogP contribution >= 0.6 is 0 Å². The Bertz CT molecular complexity index is 91.6. The lowest BCUT2D eigenvalue weighted by Gasteiger charge is -2.16. The molecule has 0 fully saturated rings. The third-order valence-corrected chi connectivity index (χ3v) is 1.59. The highest BCUT2D eigenvalue weighted by Gasteiger charge is 2.04. The molecule has 0 unspecified atom stereocenters. The molecular formula is C9H21NO. The van der Waals surface area contributed by atoms with E-state index >= 15 is 0 Å². The Morgan fingerprint density at radius 3 is 2.09 bits per heavy atom. The van der Waals surface area contributed by atoms with Gasteiger partial charge in [-0.15, -0.1) is 0 Å². The number of aliphatic hydroxyl groups excluding tert-OH is 1. The van der Waals surface area contributed by atoms with E-state index in [-0.39, 0.29) is 6.10 Å². The number of aliphatic hydroxyl groups is 1. The Balaban J connectivity index is 3.29. The maximum absolute atomic E-state index is 8.97. The summed E-state index contributed by atoms with van der Waals surface area (Å²) < 4.78 is 0. The Labute approximate surface area is 70.0 Å². The predicted octanol–water partition coefficient (Wildman–Crippen LogP) is 1.39. The Hall–Kier alpha value is -0.0800. The van der Waals surface area contributed by atoms with E-state index < -0.39 is 0 Å². The summed E-state index contributed by atoms with van der Waals surface area (Å²) >= 11 is 0. The molecule has 0 radical (unpaired) electrons. The molecule has 0 aliphatic heterocycles. The van der Waals surface area contributed by atoms with Crippen molar-refractivity contribution in [2.45, 2.75) is 46.3 Å². The fourth-order valence-electron chi connectivity index (χ4n) is 1.16. The maximum atomic E-state index is 8.97. The molecule has 0 rings (SSSR count). The molecule has 11 heavy (non-hydrogen) atoms. The van der Waals surface area contributed by atoms with Crippen molar-refractivity contribution in [2.24, 2.45) is 5.92 Å². The van der Waals surface area contributed by atoms with Crippen LogP contribution in [0.3, 0.4) is 0 Å². The Morgan fingerprint density at radius 1 is 1.18 bits per heavy atom. The quantitative estimate of drug-likeness (QED) is 0.635. The molecule has 2 heteroatoms. The fraction of sp³-hybridized carbons (Fsp3) is 1.00. The Kier molecular flexibility index (Phi) is 5.51. The summed E-state index contributed by atoms with van der Waals surface area (Å²) in [5, 5.41) is 12.2. The average molecular weight is 159 g/mol. The summed E-state index contributed by atoms with van der Waals surface area (Å²) in [5.41, 5.74) is 0. The second-order valence-electron chi connectivity index (χ2n) is 3.79. The summed E-state index contributed by atoms with van der Waals surface area (Å²) in [6, 6.07) is 0.518. The van der Waals surface area contributed by atoms with Crippen LogP contribution in [0.25, 0.3) is 0 Å². The predicted molar refractivity (Wildman–Crippen MR) is 48.6 cm³/mol. The van der Waals surface area contributed by atoms with Gasteiger partial charge in [-0.05, 0) is 26.2 Å². The van der Waals surface area contributed by atoms with E-state index in [1.807, 2.05) is 0 Å². The van der Waals surface area contributed by atoms with Gasteiger partial charge >= 0.3 is 0 Å². The summed E-state index contributed by atoms with van der Waals surface area (Å²) in [6.45, 7) is 9.08. The largest absolute Gasteiger partial charge is 0.392 e. The Morgan fingerprint density at radius 2 is 1.73 bits per heavy atom. The van der Waals surface area contributed by atoms with Crippen LogP contribution in [-0.4, -0.2) is 23.8 Å². The van der Waals surface area contributed by atoms with Crippen LogP contribution in [-0.2, 0) is 0 Å². The molecular weight excluding hydrogens is 138 g/mol. The van der Waals surface area contributed by atoms with Crippen molar-refractivity contribution in [1.29, 1.82) is 0 Å². The lowest BCUT2D eigenvalue weighted by Crippen LogP contribution is -2.33. The second-order valence-corrected chi connectivity index (χ2v) is 3.79. The van der Waals surface area contributed by atoms with Crippen LogP contribution in [0.15, 0.2) is 0 Å². The van der Waals surface area contributed by atoms with Gasteiger partial charge in [0, 0.05) is 12.6 Å². The smallest absolute Gasteiger partial charge is 0.0636 e. The monoisotopic (exact) mass is 159 g/mol. The van der Waals surface area contributed by atoms with Crippen molar-refractivity contribution in [1.82, 2.24) is 5.32 Å². The zero-order valence-corrected chi connectivity index (χ0v) is 8.09. The molecule has 0 aliphatic rings. The van der Waals surface area contributed by atoms with Gasteiger partial charge in [0.25, 0.3) is 0 Å². The first-order valence-corrected chi connectivity index (χ1v) is 4.43. The zero-order valence-electron chi connectivity index (χ0n) is 8.09. The van der Waals surface area contributed by atoms with Crippen molar-refractivity contribution in [3.63, 3.8) is 0 Å². The van der Waals surface area contributed by atoms with Crippen LogP contribution in [0.1, 0.15) is 34.1 Å². The lowest BCUT2D eigenvalue weighted by atomic mass is 10.1. The van der Waals surface area contributed by atoms with Crippen LogP contribution in [0, 0.1) is 5.92 Å². The summed E-state index contributed by atoms with van der Waals surface area (Å²) in [5.74, 6) is 0.728. The van der Waals surface area contributed by atoms with Gasteiger partial charge in [-0.25, -0.2) is 0 Å². The minimum atomic E-state index is -0.232.